The van der Waals surface area contributed by atoms with Gasteiger partial charge in [0.05, 0.1) is 22.9 Å². The van der Waals surface area contributed by atoms with Gasteiger partial charge in [0.15, 0.2) is 0 Å². The predicted molar refractivity (Wildman–Crippen MR) is 105 cm³/mol. The zero-order valence-corrected chi connectivity index (χ0v) is 14.6. The van der Waals surface area contributed by atoms with Crippen molar-refractivity contribution in [1.82, 2.24) is 0 Å². The number of para-hydroxylation sites is 1. The highest BCUT2D eigenvalue weighted by atomic mass is 16.2. The Morgan fingerprint density at radius 3 is 2.00 bits per heavy atom. The van der Waals surface area contributed by atoms with Crippen molar-refractivity contribution in [3.05, 3.63) is 95.1 Å². The third kappa shape index (κ3) is 4.21. The Morgan fingerprint density at radius 2 is 1.36 bits per heavy atom. The van der Waals surface area contributed by atoms with E-state index in [4.69, 9.17) is 10.5 Å². The van der Waals surface area contributed by atoms with Crippen LogP contribution < -0.4 is 10.6 Å². The van der Waals surface area contributed by atoms with Gasteiger partial charge < -0.3 is 10.6 Å². The van der Waals surface area contributed by atoms with E-state index < -0.39 is 5.91 Å². The third-order valence-electron chi connectivity index (χ3n) is 3.95. The molecule has 3 aromatic rings. The van der Waals surface area contributed by atoms with Crippen LogP contribution in [-0.4, -0.2) is 11.8 Å². The van der Waals surface area contributed by atoms with Crippen LogP contribution in [0.2, 0.25) is 0 Å². The molecule has 0 fully saturated rings. The van der Waals surface area contributed by atoms with Gasteiger partial charge in [0.2, 0.25) is 0 Å². The van der Waals surface area contributed by atoms with E-state index in [0.29, 0.717) is 33.6 Å². The van der Waals surface area contributed by atoms with Crippen molar-refractivity contribution in [3.63, 3.8) is 0 Å². The van der Waals surface area contributed by atoms with Crippen LogP contribution in [0.25, 0.3) is 0 Å². The van der Waals surface area contributed by atoms with E-state index in [0.717, 1.165) is 0 Å². The molecule has 134 valence electrons. The molecule has 2 amide bonds. The smallest absolute Gasteiger partial charge is 0.255 e. The molecule has 2 N–H and O–H groups in total. The van der Waals surface area contributed by atoms with Gasteiger partial charge in [0.25, 0.3) is 11.8 Å². The number of nitriles is 2. The Labute approximate surface area is 161 Å². The highest BCUT2D eigenvalue weighted by Crippen LogP contribution is 2.16. The monoisotopic (exact) mass is 366 g/mol. The van der Waals surface area contributed by atoms with Crippen molar-refractivity contribution in [2.24, 2.45) is 0 Å². The first-order valence-electron chi connectivity index (χ1n) is 8.33. The average Bonchev–Trinajstić information content (AvgIpc) is 2.74. The number of anilines is 2. The summed E-state index contributed by atoms with van der Waals surface area (Å²) in [7, 11) is 0. The standard InChI is InChI=1S/C22H14N4O2/c23-13-15-8-10-19(11-9-15)25-21(27)16-5-3-6-17(12-16)22(28)26-20-7-2-1-4-18(20)14-24/h1-12H,(H,25,27)(H,26,28). The van der Waals surface area contributed by atoms with Gasteiger partial charge in [0, 0.05) is 16.8 Å². The maximum Gasteiger partial charge on any atom is 0.255 e. The van der Waals surface area contributed by atoms with Gasteiger partial charge in [-0.15, -0.1) is 0 Å². The van der Waals surface area contributed by atoms with Gasteiger partial charge in [0.1, 0.15) is 6.07 Å². The number of nitrogens with zero attached hydrogens (tertiary/aromatic N) is 2. The second kappa shape index (κ2) is 8.31. The molecule has 0 atom stereocenters. The van der Waals surface area contributed by atoms with Crippen LogP contribution in [0.1, 0.15) is 31.8 Å². The fraction of sp³-hybridized carbons (Fsp3) is 0. The van der Waals surface area contributed by atoms with Gasteiger partial charge >= 0.3 is 0 Å². The van der Waals surface area contributed by atoms with Crippen molar-refractivity contribution in [2.75, 3.05) is 10.6 Å². The molecular weight excluding hydrogens is 352 g/mol. The summed E-state index contributed by atoms with van der Waals surface area (Å²) in [5.74, 6) is -0.799. The Morgan fingerprint density at radius 1 is 0.714 bits per heavy atom. The third-order valence-corrected chi connectivity index (χ3v) is 3.95. The van der Waals surface area contributed by atoms with Crippen molar-refractivity contribution in [2.45, 2.75) is 0 Å². The van der Waals surface area contributed by atoms with Crippen LogP contribution in [0.4, 0.5) is 11.4 Å². The molecule has 0 saturated carbocycles. The molecule has 0 saturated heterocycles. The SMILES string of the molecule is N#Cc1ccc(NC(=O)c2cccc(C(=O)Nc3ccccc3C#N)c2)cc1. The van der Waals surface area contributed by atoms with Crippen LogP contribution in [0.5, 0.6) is 0 Å². The molecule has 3 rings (SSSR count). The number of nitrogens with one attached hydrogen (secondary N) is 2. The predicted octanol–water partition coefficient (Wildman–Crippen LogP) is 3.93. The summed E-state index contributed by atoms with van der Waals surface area (Å²) in [5, 5.41) is 23.3. The molecule has 0 aromatic heterocycles. The van der Waals surface area contributed by atoms with Gasteiger partial charge in [-0.05, 0) is 54.6 Å². The molecule has 0 bridgehead atoms. The largest absolute Gasteiger partial charge is 0.322 e. The van der Waals surface area contributed by atoms with Gasteiger partial charge in [-0.25, -0.2) is 0 Å². The van der Waals surface area contributed by atoms with Crippen molar-refractivity contribution in [3.8, 4) is 12.1 Å². The van der Waals surface area contributed by atoms with Crippen molar-refractivity contribution in [1.29, 1.82) is 10.5 Å². The maximum atomic E-state index is 12.5. The van der Waals surface area contributed by atoms with E-state index >= 15 is 0 Å². The second-order valence-corrected chi connectivity index (χ2v) is 5.84. The fourth-order valence-electron chi connectivity index (χ4n) is 2.52. The summed E-state index contributed by atoms with van der Waals surface area (Å²) in [5.41, 5.74) is 2.40. The molecule has 28 heavy (non-hydrogen) atoms. The lowest BCUT2D eigenvalue weighted by Gasteiger charge is -2.09. The van der Waals surface area contributed by atoms with Crippen LogP contribution in [0, 0.1) is 22.7 Å². The normalized spacial score (nSPS) is 9.64. The van der Waals surface area contributed by atoms with Gasteiger partial charge in [-0.3, -0.25) is 9.59 Å². The topological polar surface area (TPSA) is 106 Å². The minimum atomic E-state index is -0.421. The number of benzene rings is 3. The average molecular weight is 366 g/mol. The molecular formula is C22H14N4O2. The minimum Gasteiger partial charge on any atom is -0.322 e. The Hall–Kier alpha value is -4.42. The Kier molecular flexibility index (Phi) is 5.45. The van der Waals surface area contributed by atoms with E-state index in [1.54, 1.807) is 66.7 Å². The molecule has 6 heteroatoms. The molecule has 0 spiro atoms. The lowest BCUT2D eigenvalue weighted by Crippen LogP contribution is -2.16. The Bertz CT molecular complexity index is 1120. The first-order valence-corrected chi connectivity index (χ1v) is 8.33. The minimum absolute atomic E-state index is 0.292. The molecule has 0 unspecified atom stereocenters. The van der Waals surface area contributed by atoms with Gasteiger partial charge in [-0.2, -0.15) is 10.5 Å². The molecule has 0 radical (unpaired) electrons. The highest BCUT2D eigenvalue weighted by Gasteiger charge is 2.12. The number of amides is 2. The number of carbonyl (C=O) groups is 2. The van der Waals surface area contributed by atoms with Crippen molar-refractivity contribution < 1.29 is 9.59 Å². The quantitative estimate of drug-likeness (QED) is 0.729. The molecule has 3 aromatic carbocycles. The summed E-state index contributed by atoms with van der Waals surface area (Å²) in [4.78, 5) is 25.0. The van der Waals surface area contributed by atoms with Crippen LogP contribution in [-0.2, 0) is 0 Å². The summed E-state index contributed by atoms with van der Waals surface area (Å²) < 4.78 is 0. The summed E-state index contributed by atoms with van der Waals surface area (Å²) in [6, 6.07) is 23.4. The summed E-state index contributed by atoms with van der Waals surface area (Å²) in [6.45, 7) is 0. The zero-order valence-electron chi connectivity index (χ0n) is 14.6. The lowest BCUT2D eigenvalue weighted by molar-refractivity contribution is 0.102. The fourth-order valence-corrected chi connectivity index (χ4v) is 2.52. The highest BCUT2D eigenvalue weighted by molar-refractivity contribution is 6.09. The number of hydrogen-bond donors (Lipinski definition) is 2. The maximum absolute atomic E-state index is 12.5. The van der Waals surface area contributed by atoms with E-state index in [2.05, 4.69) is 10.6 Å². The zero-order chi connectivity index (χ0) is 19.9. The molecule has 6 nitrogen and oxygen atoms in total. The first-order chi connectivity index (χ1) is 13.6. The van der Waals surface area contributed by atoms with Crippen LogP contribution >= 0.6 is 0 Å². The number of carbonyl (C=O) groups excluding carboxylic acids is 2. The first kappa shape index (κ1) is 18.4. The van der Waals surface area contributed by atoms with E-state index in [9.17, 15) is 9.59 Å². The number of hydrogen-bond acceptors (Lipinski definition) is 4. The second-order valence-electron chi connectivity index (χ2n) is 5.84. The Balaban J connectivity index is 1.75. The number of rotatable bonds is 4. The van der Waals surface area contributed by atoms with Crippen LogP contribution in [0.3, 0.4) is 0 Å². The van der Waals surface area contributed by atoms with E-state index in [1.807, 2.05) is 12.1 Å². The van der Waals surface area contributed by atoms with E-state index in [1.165, 1.54) is 6.07 Å². The van der Waals surface area contributed by atoms with Crippen LogP contribution in [0.15, 0.2) is 72.8 Å². The summed E-state index contributed by atoms with van der Waals surface area (Å²) >= 11 is 0. The van der Waals surface area contributed by atoms with Gasteiger partial charge in [-0.1, -0.05) is 18.2 Å². The molecule has 0 aliphatic heterocycles. The van der Waals surface area contributed by atoms with Crippen molar-refractivity contribution >= 4 is 23.2 Å². The molecule has 0 heterocycles. The van der Waals surface area contributed by atoms with E-state index in [-0.39, 0.29) is 5.91 Å². The molecule has 0 aliphatic rings. The lowest BCUT2D eigenvalue weighted by atomic mass is 10.1. The summed E-state index contributed by atoms with van der Waals surface area (Å²) in [6.07, 6.45) is 0. The molecule has 0 aliphatic carbocycles.